The van der Waals surface area contributed by atoms with Crippen LogP contribution in [0.2, 0.25) is 0 Å². The molecule has 0 spiro atoms. The molecule has 0 fully saturated rings. The van der Waals surface area contributed by atoms with E-state index in [1.807, 2.05) is 19.9 Å². The van der Waals surface area contributed by atoms with E-state index in [4.69, 9.17) is 5.73 Å². The summed E-state index contributed by atoms with van der Waals surface area (Å²) >= 11 is 0. The highest BCUT2D eigenvalue weighted by Gasteiger charge is 2.14. The molecule has 5 nitrogen and oxygen atoms in total. The van der Waals surface area contributed by atoms with E-state index in [1.54, 1.807) is 6.20 Å². The number of aromatic nitrogens is 2. The van der Waals surface area contributed by atoms with Crippen LogP contribution in [0.4, 0.5) is 0 Å². The van der Waals surface area contributed by atoms with Crippen LogP contribution in [0, 0.1) is 5.92 Å². The molecule has 0 saturated carbocycles. The number of aromatic amines is 1. The number of H-pyrrole nitrogens is 1. The molecule has 0 unspecified atom stereocenters. The predicted octanol–water partition coefficient (Wildman–Crippen LogP) is 0.399. The summed E-state index contributed by atoms with van der Waals surface area (Å²) in [7, 11) is 0. The first-order valence-electron chi connectivity index (χ1n) is 5.11. The average molecular weight is 210 g/mol. The van der Waals surface area contributed by atoms with Crippen molar-refractivity contribution in [3.05, 3.63) is 18.0 Å². The summed E-state index contributed by atoms with van der Waals surface area (Å²) in [5, 5.41) is 9.31. The van der Waals surface area contributed by atoms with Gasteiger partial charge in [0.1, 0.15) is 0 Å². The molecule has 0 aliphatic rings. The van der Waals surface area contributed by atoms with Crippen molar-refractivity contribution < 1.29 is 4.79 Å². The Hall–Kier alpha value is -1.36. The molecule has 0 aliphatic heterocycles. The minimum absolute atomic E-state index is 0.113. The van der Waals surface area contributed by atoms with Crippen molar-refractivity contribution in [2.45, 2.75) is 32.9 Å². The van der Waals surface area contributed by atoms with Gasteiger partial charge in [0.25, 0.3) is 0 Å². The maximum absolute atomic E-state index is 11.5. The molecule has 1 amide bonds. The van der Waals surface area contributed by atoms with Crippen LogP contribution in [-0.2, 0) is 11.3 Å². The van der Waals surface area contributed by atoms with Crippen LogP contribution in [0.3, 0.4) is 0 Å². The van der Waals surface area contributed by atoms with Crippen molar-refractivity contribution in [3.63, 3.8) is 0 Å². The molecule has 4 N–H and O–H groups in total. The van der Waals surface area contributed by atoms with E-state index in [9.17, 15) is 4.79 Å². The van der Waals surface area contributed by atoms with Crippen LogP contribution in [0.25, 0.3) is 0 Å². The Bertz CT molecular complexity index is 294. The highest BCUT2D eigenvalue weighted by Crippen LogP contribution is 2.02. The number of carbonyl (C=O) groups is 1. The fraction of sp³-hybridized carbons (Fsp3) is 0.600. The van der Waals surface area contributed by atoms with Gasteiger partial charge in [-0.25, -0.2) is 0 Å². The van der Waals surface area contributed by atoms with Crippen LogP contribution in [0.15, 0.2) is 12.3 Å². The van der Waals surface area contributed by atoms with E-state index >= 15 is 0 Å². The molecule has 15 heavy (non-hydrogen) atoms. The third kappa shape index (κ3) is 4.12. The first kappa shape index (κ1) is 11.7. The number of nitrogens with zero attached hydrogens (tertiary/aromatic N) is 1. The molecule has 1 atom stereocenters. The Morgan fingerprint density at radius 2 is 2.40 bits per heavy atom. The number of carbonyl (C=O) groups excluding carboxylic acids is 1. The van der Waals surface area contributed by atoms with Gasteiger partial charge in [-0.05, 0) is 18.4 Å². The lowest BCUT2D eigenvalue weighted by Crippen LogP contribution is -2.41. The number of nitrogens with one attached hydrogen (secondary N) is 2. The normalized spacial score (nSPS) is 12.8. The molecular weight excluding hydrogens is 192 g/mol. The van der Waals surface area contributed by atoms with Gasteiger partial charge < -0.3 is 11.1 Å². The highest BCUT2D eigenvalue weighted by molar-refractivity contribution is 5.81. The van der Waals surface area contributed by atoms with Crippen molar-refractivity contribution in [2.24, 2.45) is 11.7 Å². The molecule has 0 bridgehead atoms. The smallest absolute Gasteiger partial charge is 0.237 e. The van der Waals surface area contributed by atoms with Crippen LogP contribution in [0.5, 0.6) is 0 Å². The van der Waals surface area contributed by atoms with E-state index in [2.05, 4.69) is 15.5 Å². The predicted molar refractivity (Wildman–Crippen MR) is 57.9 cm³/mol. The van der Waals surface area contributed by atoms with Crippen molar-refractivity contribution >= 4 is 5.91 Å². The van der Waals surface area contributed by atoms with Crippen LogP contribution in [0.1, 0.15) is 26.0 Å². The van der Waals surface area contributed by atoms with Gasteiger partial charge in [-0.2, -0.15) is 5.10 Å². The molecular formula is C10H18N4O. The molecule has 1 aromatic heterocycles. The van der Waals surface area contributed by atoms with Gasteiger partial charge >= 0.3 is 0 Å². The van der Waals surface area contributed by atoms with E-state index < -0.39 is 6.04 Å². The Labute approximate surface area is 89.4 Å². The molecule has 0 aromatic carbocycles. The summed E-state index contributed by atoms with van der Waals surface area (Å²) in [6.07, 6.45) is 2.35. The van der Waals surface area contributed by atoms with Crippen LogP contribution < -0.4 is 11.1 Å². The van der Waals surface area contributed by atoms with Crippen molar-refractivity contribution in [1.82, 2.24) is 15.5 Å². The third-order valence-corrected chi connectivity index (χ3v) is 2.07. The standard InChI is InChI=1S/C10H18N4O/c1-7(2)5-9(11)10(15)12-6-8-3-4-13-14-8/h3-4,7,9H,5-6,11H2,1-2H3,(H,12,15)(H,13,14)/t9-/m0/s1. The second-order valence-corrected chi connectivity index (χ2v) is 4.04. The van der Waals surface area contributed by atoms with E-state index in [0.29, 0.717) is 18.9 Å². The van der Waals surface area contributed by atoms with Gasteiger partial charge in [-0.3, -0.25) is 9.89 Å². The molecule has 0 radical (unpaired) electrons. The fourth-order valence-electron chi connectivity index (χ4n) is 1.31. The molecule has 0 saturated heterocycles. The SMILES string of the molecule is CC(C)C[C@H](N)C(=O)NCc1ccn[nH]1. The number of rotatable bonds is 5. The molecule has 5 heteroatoms. The van der Waals surface area contributed by atoms with Gasteiger partial charge in [0, 0.05) is 6.20 Å². The van der Waals surface area contributed by atoms with Gasteiger partial charge in [-0.15, -0.1) is 0 Å². The summed E-state index contributed by atoms with van der Waals surface area (Å²) in [5.74, 6) is 0.316. The number of hydrogen-bond donors (Lipinski definition) is 3. The van der Waals surface area contributed by atoms with Crippen LogP contribution in [-0.4, -0.2) is 22.1 Å². The lowest BCUT2D eigenvalue weighted by molar-refractivity contribution is -0.122. The second-order valence-electron chi connectivity index (χ2n) is 4.04. The summed E-state index contributed by atoms with van der Waals surface area (Å²) in [4.78, 5) is 11.5. The maximum atomic E-state index is 11.5. The van der Waals surface area contributed by atoms with Gasteiger partial charge in [-0.1, -0.05) is 13.8 Å². The topological polar surface area (TPSA) is 83.8 Å². The van der Waals surface area contributed by atoms with Crippen molar-refractivity contribution in [3.8, 4) is 0 Å². The zero-order valence-corrected chi connectivity index (χ0v) is 9.16. The summed E-state index contributed by atoms with van der Waals surface area (Å²) in [5.41, 5.74) is 6.59. The molecule has 1 rings (SSSR count). The monoisotopic (exact) mass is 210 g/mol. The first-order valence-corrected chi connectivity index (χ1v) is 5.11. The van der Waals surface area contributed by atoms with Gasteiger partial charge in [0.15, 0.2) is 0 Å². The average Bonchev–Trinajstić information content (AvgIpc) is 2.65. The summed E-state index contributed by atoms with van der Waals surface area (Å²) < 4.78 is 0. The Morgan fingerprint density at radius 3 is 2.93 bits per heavy atom. The third-order valence-electron chi connectivity index (χ3n) is 2.07. The van der Waals surface area contributed by atoms with Gasteiger partial charge in [0.2, 0.25) is 5.91 Å². The molecule has 0 aliphatic carbocycles. The van der Waals surface area contributed by atoms with Crippen molar-refractivity contribution in [1.29, 1.82) is 0 Å². The maximum Gasteiger partial charge on any atom is 0.237 e. The van der Waals surface area contributed by atoms with Gasteiger partial charge in [0.05, 0.1) is 18.3 Å². The number of hydrogen-bond acceptors (Lipinski definition) is 3. The number of amides is 1. The second kappa shape index (κ2) is 5.50. The largest absolute Gasteiger partial charge is 0.349 e. The first-order chi connectivity index (χ1) is 7.09. The molecule has 1 heterocycles. The lowest BCUT2D eigenvalue weighted by atomic mass is 10.0. The lowest BCUT2D eigenvalue weighted by Gasteiger charge is -2.13. The zero-order valence-electron chi connectivity index (χ0n) is 9.16. The minimum Gasteiger partial charge on any atom is -0.349 e. The molecule has 1 aromatic rings. The van der Waals surface area contributed by atoms with E-state index in [1.165, 1.54) is 0 Å². The molecule has 84 valence electrons. The van der Waals surface area contributed by atoms with Crippen LogP contribution >= 0.6 is 0 Å². The minimum atomic E-state index is -0.423. The fourth-order valence-corrected chi connectivity index (χ4v) is 1.31. The quantitative estimate of drug-likeness (QED) is 0.657. The Kier molecular flexibility index (Phi) is 4.30. The summed E-state index contributed by atoms with van der Waals surface area (Å²) in [6, 6.07) is 1.39. The Balaban J connectivity index is 2.29. The number of nitrogens with two attached hydrogens (primary N) is 1. The highest BCUT2D eigenvalue weighted by atomic mass is 16.2. The van der Waals surface area contributed by atoms with E-state index in [0.717, 1.165) is 5.69 Å². The Morgan fingerprint density at radius 1 is 1.67 bits per heavy atom. The van der Waals surface area contributed by atoms with Crippen molar-refractivity contribution in [2.75, 3.05) is 0 Å². The van der Waals surface area contributed by atoms with E-state index in [-0.39, 0.29) is 5.91 Å². The summed E-state index contributed by atoms with van der Waals surface area (Å²) in [6.45, 7) is 4.54. The zero-order chi connectivity index (χ0) is 11.3.